The van der Waals surface area contributed by atoms with Gasteiger partial charge in [0.1, 0.15) is 17.2 Å². The van der Waals surface area contributed by atoms with Crippen molar-refractivity contribution in [1.82, 2.24) is 19.9 Å². The summed E-state index contributed by atoms with van der Waals surface area (Å²) in [6.45, 7) is 8.37. The number of ether oxygens (including phenoxy) is 4. The molecule has 0 atom stereocenters. The Bertz CT molecular complexity index is 1800. The lowest BCUT2D eigenvalue weighted by Crippen LogP contribution is -2.36. The Morgan fingerprint density at radius 1 is 0.630 bits per heavy atom. The van der Waals surface area contributed by atoms with Gasteiger partial charge in [0, 0.05) is 37.3 Å². The minimum absolute atomic E-state index is 0.172. The van der Waals surface area contributed by atoms with Crippen LogP contribution in [-0.4, -0.2) is 110 Å². The van der Waals surface area contributed by atoms with Crippen LogP contribution in [0, 0.1) is 0 Å². The number of ketones is 2. The molecule has 0 amide bonds. The number of hydrogen-bond donors (Lipinski definition) is 0. The number of fused-ring (bicyclic) bond motifs is 2. The van der Waals surface area contributed by atoms with E-state index in [4.69, 9.17) is 18.9 Å². The summed E-state index contributed by atoms with van der Waals surface area (Å²) in [5.41, 5.74) is 3.29. The predicted molar refractivity (Wildman–Crippen MR) is 168 cm³/mol. The Hall–Kier alpha value is -5.08. The topological polar surface area (TPSA) is 163 Å². The Kier molecular flexibility index (Phi) is 10.1. The molecule has 6 rings (SSSR count). The van der Waals surface area contributed by atoms with E-state index in [0.717, 1.165) is 26.2 Å². The number of carbonyl (C=O) groups excluding carboxylic acids is 4. The Morgan fingerprint density at radius 3 is 1.59 bits per heavy atom. The van der Waals surface area contributed by atoms with Gasteiger partial charge in [-0.2, -0.15) is 0 Å². The first-order valence-electron chi connectivity index (χ1n) is 14.7. The average molecular weight is 631 g/mol. The van der Waals surface area contributed by atoms with E-state index in [1.54, 1.807) is 24.5 Å². The molecule has 14 nitrogen and oxygen atoms in total. The quantitative estimate of drug-likeness (QED) is 0.226. The van der Waals surface area contributed by atoms with E-state index in [0.29, 0.717) is 82.4 Å². The number of benzene rings is 2. The van der Waals surface area contributed by atoms with Crippen LogP contribution < -0.4 is 9.80 Å². The number of carbonyl (C=O) groups is 4. The molecule has 2 saturated heterocycles. The van der Waals surface area contributed by atoms with Gasteiger partial charge in [-0.15, -0.1) is 0 Å². The molecular formula is C32H34N6O8. The van der Waals surface area contributed by atoms with E-state index in [-0.39, 0.29) is 11.6 Å². The zero-order valence-electron chi connectivity index (χ0n) is 26.1. The highest BCUT2D eigenvalue weighted by Gasteiger charge is 2.20. The number of anilines is 2. The van der Waals surface area contributed by atoms with E-state index in [9.17, 15) is 19.2 Å². The maximum Gasteiger partial charge on any atom is 0.337 e. The number of esters is 2. The van der Waals surface area contributed by atoms with Gasteiger partial charge in [-0.05, 0) is 38.1 Å². The van der Waals surface area contributed by atoms with Crippen LogP contribution in [0.1, 0.15) is 55.3 Å². The van der Waals surface area contributed by atoms with Gasteiger partial charge in [-0.3, -0.25) is 14.6 Å². The van der Waals surface area contributed by atoms with Crippen molar-refractivity contribution in [3.8, 4) is 0 Å². The standard InChI is InChI=1S/2C16H17N3O4/c1-10(20)12-7-11(16(21)22-2)8-13-15(12)17-9-14(18-13)19-3-5-23-6-4-19;1-10(20)12-7-11(16(21)22-2)8-13-15(12)18-14(9-17-13)19-3-5-23-6-4-19/h2*7-9H,3-6H2,1-2H3. The number of aromatic nitrogens is 4. The fraction of sp³-hybridized carbons (Fsp3) is 0.375. The number of methoxy groups -OCH3 is 2. The molecular weight excluding hydrogens is 596 g/mol. The SMILES string of the molecule is COC(=O)c1cc(C(C)=O)c2nc(N3CCOCC3)cnc2c1.COC(=O)c1cc(C(C)=O)c2ncc(N3CCOCC3)nc2c1. The Labute approximate surface area is 264 Å². The fourth-order valence-corrected chi connectivity index (χ4v) is 5.12. The van der Waals surface area contributed by atoms with Crippen molar-refractivity contribution in [2.75, 3.05) is 76.6 Å². The second kappa shape index (κ2) is 14.3. The molecule has 46 heavy (non-hydrogen) atoms. The smallest absolute Gasteiger partial charge is 0.337 e. The summed E-state index contributed by atoms with van der Waals surface area (Å²) in [6, 6.07) is 6.20. The summed E-state index contributed by atoms with van der Waals surface area (Å²) < 4.78 is 20.1. The van der Waals surface area contributed by atoms with Crippen LogP contribution >= 0.6 is 0 Å². The third-order valence-corrected chi connectivity index (χ3v) is 7.54. The summed E-state index contributed by atoms with van der Waals surface area (Å²) in [6.07, 6.45) is 3.30. The molecule has 0 aliphatic carbocycles. The largest absolute Gasteiger partial charge is 0.465 e. The maximum absolute atomic E-state index is 12.0. The molecule has 14 heteroatoms. The van der Waals surface area contributed by atoms with E-state index >= 15 is 0 Å². The van der Waals surface area contributed by atoms with Gasteiger partial charge in [0.05, 0.1) is 80.7 Å². The second-order valence-electron chi connectivity index (χ2n) is 10.5. The fourth-order valence-electron chi connectivity index (χ4n) is 5.12. The average Bonchev–Trinajstić information content (AvgIpc) is 3.10. The van der Waals surface area contributed by atoms with Gasteiger partial charge in [0.15, 0.2) is 11.6 Å². The van der Waals surface area contributed by atoms with Crippen LogP contribution in [0.2, 0.25) is 0 Å². The third-order valence-electron chi connectivity index (χ3n) is 7.54. The lowest BCUT2D eigenvalue weighted by molar-refractivity contribution is 0.0592. The Morgan fingerprint density at radius 2 is 1.09 bits per heavy atom. The molecule has 2 aromatic heterocycles. The van der Waals surface area contributed by atoms with Crippen molar-refractivity contribution < 1.29 is 38.1 Å². The molecule has 0 saturated carbocycles. The van der Waals surface area contributed by atoms with E-state index < -0.39 is 11.9 Å². The first-order chi connectivity index (χ1) is 22.2. The van der Waals surface area contributed by atoms with Gasteiger partial charge in [-0.25, -0.2) is 24.5 Å². The molecule has 2 fully saturated rings. The minimum Gasteiger partial charge on any atom is -0.465 e. The number of rotatable bonds is 6. The van der Waals surface area contributed by atoms with Crippen LogP contribution in [0.5, 0.6) is 0 Å². The normalized spacial score (nSPS) is 14.8. The maximum atomic E-state index is 12.0. The molecule has 0 spiro atoms. The highest BCUT2D eigenvalue weighted by Crippen LogP contribution is 2.24. The number of hydrogen-bond acceptors (Lipinski definition) is 14. The summed E-state index contributed by atoms with van der Waals surface area (Å²) in [4.78, 5) is 69.4. The van der Waals surface area contributed by atoms with Crippen molar-refractivity contribution in [1.29, 1.82) is 0 Å². The van der Waals surface area contributed by atoms with Gasteiger partial charge < -0.3 is 28.7 Å². The highest BCUT2D eigenvalue weighted by molar-refractivity contribution is 6.09. The van der Waals surface area contributed by atoms with Crippen LogP contribution in [0.3, 0.4) is 0 Å². The zero-order valence-corrected chi connectivity index (χ0v) is 26.1. The second-order valence-corrected chi connectivity index (χ2v) is 10.5. The predicted octanol–water partition coefficient (Wildman–Crippen LogP) is 2.91. The summed E-state index contributed by atoms with van der Waals surface area (Å²) in [7, 11) is 2.60. The van der Waals surface area contributed by atoms with Crippen molar-refractivity contribution in [2.24, 2.45) is 0 Å². The van der Waals surface area contributed by atoms with Crippen molar-refractivity contribution >= 4 is 57.2 Å². The van der Waals surface area contributed by atoms with E-state index in [2.05, 4.69) is 29.7 Å². The molecule has 0 unspecified atom stereocenters. The summed E-state index contributed by atoms with van der Waals surface area (Å²) in [5, 5.41) is 0. The monoisotopic (exact) mass is 630 g/mol. The van der Waals surface area contributed by atoms with Gasteiger partial charge in [-0.1, -0.05) is 0 Å². The van der Waals surface area contributed by atoms with Crippen molar-refractivity contribution in [3.63, 3.8) is 0 Å². The molecule has 4 heterocycles. The number of nitrogens with zero attached hydrogens (tertiary/aromatic N) is 6. The molecule has 2 aliphatic heterocycles. The third kappa shape index (κ3) is 7.08. The molecule has 2 aliphatic rings. The lowest BCUT2D eigenvalue weighted by atomic mass is 10.1. The number of Topliss-reactive ketones (excluding diaryl/α,β-unsaturated/α-hetero) is 2. The van der Waals surface area contributed by atoms with E-state index in [1.807, 2.05) is 0 Å². The summed E-state index contributed by atoms with van der Waals surface area (Å²) >= 11 is 0. The highest BCUT2D eigenvalue weighted by atomic mass is 16.5. The zero-order chi connectivity index (χ0) is 32.8. The lowest BCUT2D eigenvalue weighted by Gasteiger charge is -2.27. The van der Waals surface area contributed by atoms with Gasteiger partial charge in [0.25, 0.3) is 0 Å². The molecule has 4 aromatic rings. The van der Waals surface area contributed by atoms with Gasteiger partial charge in [0.2, 0.25) is 0 Å². The van der Waals surface area contributed by atoms with E-state index in [1.165, 1.54) is 40.2 Å². The molecule has 0 bridgehead atoms. The van der Waals surface area contributed by atoms with Crippen LogP contribution in [0.4, 0.5) is 11.6 Å². The summed E-state index contributed by atoms with van der Waals surface area (Å²) in [5.74, 6) is 0.0521. The molecule has 2 aromatic carbocycles. The van der Waals surface area contributed by atoms with Crippen molar-refractivity contribution in [2.45, 2.75) is 13.8 Å². The first kappa shape index (κ1) is 32.3. The molecule has 0 N–H and O–H groups in total. The number of morpholine rings is 2. The van der Waals surface area contributed by atoms with Crippen LogP contribution in [0.15, 0.2) is 36.7 Å². The first-order valence-corrected chi connectivity index (χ1v) is 14.7. The molecule has 0 radical (unpaired) electrons. The van der Waals surface area contributed by atoms with Crippen LogP contribution in [-0.2, 0) is 18.9 Å². The van der Waals surface area contributed by atoms with Gasteiger partial charge >= 0.3 is 11.9 Å². The Balaban J connectivity index is 0.000000181. The minimum atomic E-state index is -0.507. The van der Waals surface area contributed by atoms with Crippen LogP contribution in [0.25, 0.3) is 22.1 Å². The van der Waals surface area contributed by atoms with Crippen molar-refractivity contribution in [3.05, 3.63) is 58.9 Å². The molecule has 240 valence electrons.